The van der Waals surface area contributed by atoms with Crippen LogP contribution in [0.15, 0.2) is 0 Å². The molecule has 2 N–H and O–H groups in total. The lowest BCUT2D eigenvalue weighted by atomic mass is 10.1. The number of carbonyl (C=O) groups excluding carboxylic acids is 1. The van der Waals surface area contributed by atoms with Crippen LogP contribution in [0, 0.1) is 0 Å². The van der Waals surface area contributed by atoms with Crippen molar-refractivity contribution >= 4 is 11.9 Å². The molecular formula is C9H14F3NO3. The van der Waals surface area contributed by atoms with Gasteiger partial charge in [0.1, 0.15) is 0 Å². The van der Waals surface area contributed by atoms with E-state index in [0.29, 0.717) is 6.42 Å². The molecule has 0 aliphatic carbocycles. The number of carboxylic acids is 1. The van der Waals surface area contributed by atoms with Gasteiger partial charge in [0.15, 0.2) is 0 Å². The SMILES string of the molecule is CCC(CCCC(=O)O)NC(=O)C(F)(F)F. The maximum absolute atomic E-state index is 11.9. The number of carboxylic acid groups (broad SMARTS) is 1. The van der Waals surface area contributed by atoms with Gasteiger partial charge in [-0.3, -0.25) is 9.59 Å². The Morgan fingerprint density at radius 3 is 2.31 bits per heavy atom. The van der Waals surface area contributed by atoms with Gasteiger partial charge in [0.25, 0.3) is 0 Å². The second kappa shape index (κ2) is 6.34. The van der Waals surface area contributed by atoms with Crippen LogP contribution in [0.3, 0.4) is 0 Å². The van der Waals surface area contributed by atoms with Gasteiger partial charge in [-0.25, -0.2) is 0 Å². The zero-order valence-corrected chi connectivity index (χ0v) is 8.80. The summed E-state index contributed by atoms with van der Waals surface area (Å²) in [5, 5.41) is 10.2. The zero-order valence-electron chi connectivity index (χ0n) is 8.80. The maximum Gasteiger partial charge on any atom is 0.471 e. The molecule has 16 heavy (non-hydrogen) atoms. The smallest absolute Gasteiger partial charge is 0.471 e. The number of halogens is 3. The molecule has 1 unspecified atom stereocenters. The van der Waals surface area contributed by atoms with Gasteiger partial charge in [-0.1, -0.05) is 6.92 Å². The summed E-state index contributed by atoms with van der Waals surface area (Å²) in [6, 6.07) is -0.631. The second-order valence-electron chi connectivity index (χ2n) is 3.36. The van der Waals surface area contributed by atoms with Crippen LogP contribution in [0.25, 0.3) is 0 Å². The van der Waals surface area contributed by atoms with Crippen LogP contribution < -0.4 is 5.32 Å². The van der Waals surface area contributed by atoms with Crippen LogP contribution in [-0.2, 0) is 9.59 Å². The van der Waals surface area contributed by atoms with Crippen molar-refractivity contribution in [1.29, 1.82) is 0 Å². The number of hydrogen-bond acceptors (Lipinski definition) is 2. The Hall–Kier alpha value is -1.27. The van der Waals surface area contributed by atoms with Crippen molar-refractivity contribution in [3.63, 3.8) is 0 Å². The number of rotatable bonds is 6. The van der Waals surface area contributed by atoms with Gasteiger partial charge in [-0.15, -0.1) is 0 Å². The van der Waals surface area contributed by atoms with E-state index < -0.39 is 24.1 Å². The molecule has 0 rings (SSSR count). The molecule has 0 aromatic heterocycles. The number of carbonyl (C=O) groups is 2. The van der Waals surface area contributed by atoms with E-state index in [4.69, 9.17) is 5.11 Å². The molecule has 1 atom stereocenters. The highest BCUT2D eigenvalue weighted by Gasteiger charge is 2.39. The summed E-state index contributed by atoms with van der Waals surface area (Å²) in [6.45, 7) is 1.63. The molecule has 0 fully saturated rings. The molecular weight excluding hydrogens is 227 g/mol. The second-order valence-corrected chi connectivity index (χ2v) is 3.36. The van der Waals surface area contributed by atoms with Gasteiger partial charge in [-0.2, -0.15) is 13.2 Å². The molecule has 4 nitrogen and oxygen atoms in total. The highest BCUT2D eigenvalue weighted by atomic mass is 19.4. The summed E-state index contributed by atoms with van der Waals surface area (Å²) in [4.78, 5) is 20.8. The number of hydrogen-bond donors (Lipinski definition) is 2. The van der Waals surface area contributed by atoms with Crippen molar-refractivity contribution in [2.45, 2.75) is 44.8 Å². The van der Waals surface area contributed by atoms with Crippen molar-refractivity contribution in [1.82, 2.24) is 5.32 Å². The molecule has 0 aliphatic rings. The average molecular weight is 241 g/mol. The van der Waals surface area contributed by atoms with Gasteiger partial charge >= 0.3 is 18.1 Å². The summed E-state index contributed by atoms with van der Waals surface area (Å²) in [6.07, 6.45) is -4.20. The summed E-state index contributed by atoms with van der Waals surface area (Å²) >= 11 is 0. The van der Waals surface area contributed by atoms with Crippen molar-refractivity contribution in [3.05, 3.63) is 0 Å². The topological polar surface area (TPSA) is 66.4 Å². The molecule has 0 saturated carbocycles. The van der Waals surface area contributed by atoms with Crippen LogP contribution in [0.1, 0.15) is 32.6 Å². The molecule has 0 saturated heterocycles. The molecule has 0 bridgehead atoms. The molecule has 1 amide bonds. The minimum atomic E-state index is -4.89. The first-order valence-electron chi connectivity index (χ1n) is 4.86. The predicted octanol–water partition coefficient (Wildman–Crippen LogP) is 1.70. The molecule has 0 aliphatic heterocycles. The van der Waals surface area contributed by atoms with Gasteiger partial charge < -0.3 is 10.4 Å². The molecule has 0 spiro atoms. The molecule has 0 heterocycles. The third-order valence-corrected chi connectivity index (χ3v) is 2.03. The maximum atomic E-state index is 11.9. The predicted molar refractivity (Wildman–Crippen MR) is 49.8 cm³/mol. The average Bonchev–Trinajstić information content (AvgIpc) is 2.13. The van der Waals surface area contributed by atoms with Gasteiger partial charge in [-0.05, 0) is 19.3 Å². The molecule has 94 valence electrons. The van der Waals surface area contributed by atoms with Crippen molar-refractivity contribution in [3.8, 4) is 0 Å². The van der Waals surface area contributed by atoms with Crippen LogP contribution >= 0.6 is 0 Å². The summed E-state index contributed by atoms with van der Waals surface area (Å²) in [5.74, 6) is -2.98. The van der Waals surface area contributed by atoms with E-state index in [9.17, 15) is 22.8 Å². The first-order valence-corrected chi connectivity index (χ1v) is 4.86. The molecule has 7 heteroatoms. The lowest BCUT2D eigenvalue weighted by Crippen LogP contribution is -2.42. The van der Waals surface area contributed by atoms with Crippen LogP contribution in [0.2, 0.25) is 0 Å². The standard InChI is InChI=1S/C9H14F3NO3/c1-2-6(4-3-5-7(14)15)13-8(16)9(10,11)12/h6H,2-5H2,1H3,(H,13,16)(H,14,15). The fourth-order valence-electron chi connectivity index (χ4n) is 1.15. The normalized spacial score (nSPS) is 13.2. The van der Waals surface area contributed by atoms with Crippen molar-refractivity contribution in [2.75, 3.05) is 0 Å². The Morgan fingerprint density at radius 2 is 1.94 bits per heavy atom. The summed E-state index contributed by atoms with van der Waals surface area (Å²) < 4.78 is 35.7. The van der Waals surface area contributed by atoms with Crippen molar-refractivity contribution in [2.24, 2.45) is 0 Å². The summed E-state index contributed by atoms with van der Waals surface area (Å²) in [7, 11) is 0. The van der Waals surface area contributed by atoms with E-state index >= 15 is 0 Å². The Kier molecular flexibility index (Phi) is 5.84. The van der Waals surface area contributed by atoms with Crippen LogP contribution in [0.5, 0.6) is 0 Å². The van der Waals surface area contributed by atoms with Gasteiger partial charge in [0.2, 0.25) is 0 Å². The number of amides is 1. The van der Waals surface area contributed by atoms with Crippen molar-refractivity contribution < 1.29 is 27.9 Å². The Bertz CT molecular complexity index is 253. The molecule has 0 radical (unpaired) electrons. The highest BCUT2D eigenvalue weighted by molar-refractivity contribution is 5.81. The largest absolute Gasteiger partial charge is 0.481 e. The number of alkyl halides is 3. The number of nitrogens with one attached hydrogen (secondary N) is 1. The third kappa shape index (κ3) is 6.26. The van der Waals surface area contributed by atoms with E-state index in [1.54, 1.807) is 6.92 Å². The summed E-state index contributed by atoms with van der Waals surface area (Å²) in [5.41, 5.74) is 0. The first kappa shape index (κ1) is 14.7. The fraction of sp³-hybridized carbons (Fsp3) is 0.778. The highest BCUT2D eigenvalue weighted by Crippen LogP contribution is 2.15. The van der Waals surface area contributed by atoms with Crippen LogP contribution in [-0.4, -0.2) is 29.2 Å². The first-order chi connectivity index (χ1) is 7.27. The number of aliphatic carboxylic acids is 1. The Morgan fingerprint density at radius 1 is 1.38 bits per heavy atom. The van der Waals surface area contributed by atoms with E-state index in [1.807, 2.05) is 5.32 Å². The van der Waals surface area contributed by atoms with E-state index in [2.05, 4.69) is 0 Å². The minimum Gasteiger partial charge on any atom is -0.481 e. The lowest BCUT2D eigenvalue weighted by Gasteiger charge is -2.17. The fourth-order valence-corrected chi connectivity index (χ4v) is 1.15. The minimum absolute atomic E-state index is 0.113. The monoisotopic (exact) mass is 241 g/mol. The van der Waals surface area contributed by atoms with Gasteiger partial charge in [0.05, 0.1) is 0 Å². The third-order valence-electron chi connectivity index (χ3n) is 2.03. The van der Waals surface area contributed by atoms with E-state index in [0.717, 1.165) is 0 Å². The van der Waals surface area contributed by atoms with E-state index in [1.165, 1.54) is 0 Å². The zero-order chi connectivity index (χ0) is 12.8. The molecule has 0 aromatic carbocycles. The Balaban J connectivity index is 4.01. The lowest BCUT2D eigenvalue weighted by molar-refractivity contribution is -0.174. The molecule has 0 aromatic rings. The van der Waals surface area contributed by atoms with E-state index in [-0.39, 0.29) is 19.3 Å². The van der Waals surface area contributed by atoms with Crippen LogP contribution in [0.4, 0.5) is 13.2 Å². The van der Waals surface area contributed by atoms with Gasteiger partial charge in [0, 0.05) is 12.5 Å². The Labute approximate surface area is 90.8 Å². The quantitative estimate of drug-likeness (QED) is 0.743.